The zero-order valence-corrected chi connectivity index (χ0v) is 15.7. The molecule has 0 aromatic heterocycles. The predicted octanol–water partition coefficient (Wildman–Crippen LogP) is 2.39. The predicted molar refractivity (Wildman–Crippen MR) is 96.3 cm³/mol. The summed E-state index contributed by atoms with van der Waals surface area (Å²) in [5.74, 6) is 0.487. The average molecular weight is 362 g/mol. The van der Waals surface area contributed by atoms with Crippen LogP contribution in [0.5, 0.6) is 5.75 Å². The molecule has 1 aromatic carbocycles. The summed E-state index contributed by atoms with van der Waals surface area (Å²) in [6.45, 7) is 5.83. The summed E-state index contributed by atoms with van der Waals surface area (Å²) in [6, 6.07) is 6.33. The lowest BCUT2D eigenvalue weighted by Gasteiger charge is -2.25. The molecule has 1 heterocycles. The molecule has 1 aliphatic rings. The fourth-order valence-electron chi connectivity index (χ4n) is 2.83. The summed E-state index contributed by atoms with van der Waals surface area (Å²) in [5, 5.41) is 2.62. The Hall–Kier alpha value is -2.57. The van der Waals surface area contributed by atoms with Gasteiger partial charge >= 0.3 is 6.09 Å². The Morgan fingerprint density at radius 1 is 1.23 bits per heavy atom. The normalized spacial score (nSPS) is 17.2. The molecule has 1 aliphatic heterocycles. The van der Waals surface area contributed by atoms with Gasteiger partial charge in [0.05, 0.1) is 13.2 Å². The largest absolute Gasteiger partial charge is 0.497 e. The lowest BCUT2D eigenvalue weighted by atomic mass is 10.0. The highest BCUT2D eigenvalue weighted by atomic mass is 16.6. The van der Waals surface area contributed by atoms with Gasteiger partial charge in [0.2, 0.25) is 5.91 Å². The van der Waals surface area contributed by atoms with Crippen LogP contribution in [-0.4, -0.2) is 54.5 Å². The van der Waals surface area contributed by atoms with Crippen molar-refractivity contribution in [2.45, 2.75) is 45.3 Å². The third kappa shape index (κ3) is 5.21. The SMILES string of the molecule is COc1ccc(C(=O)C2CCC(=O)N2CCNC(=O)OC(C)(C)C)cc1. The lowest BCUT2D eigenvalue weighted by molar-refractivity contribution is -0.128. The van der Waals surface area contributed by atoms with Gasteiger partial charge < -0.3 is 19.7 Å². The second-order valence-electron chi connectivity index (χ2n) is 7.16. The number of nitrogens with zero attached hydrogens (tertiary/aromatic N) is 1. The Morgan fingerprint density at radius 3 is 2.46 bits per heavy atom. The molecular weight excluding hydrogens is 336 g/mol. The summed E-state index contributed by atoms with van der Waals surface area (Å²) in [7, 11) is 1.56. The van der Waals surface area contributed by atoms with E-state index in [0.29, 0.717) is 24.2 Å². The Bertz CT molecular complexity index is 664. The third-order valence-electron chi connectivity index (χ3n) is 4.03. The van der Waals surface area contributed by atoms with Crippen molar-refractivity contribution in [2.24, 2.45) is 0 Å². The number of benzene rings is 1. The van der Waals surface area contributed by atoms with Gasteiger partial charge in [0.15, 0.2) is 5.78 Å². The molecular formula is C19H26N2O5. The van der Waals surface area contributed by atoms with E-state index < -0.39 is 17.7 Å². The number of carbonyl (C=O) groups excluding carboxylic acids is 3. The number of amides is 2. The number of hydrogen-bond acceptors (Lipinski definition) is 5. The molecule has 1 N–H and O–H groups in total. The number of ether oxygens (including phenoxy) is 2. The molecule has 0 bridgehead atoms. The van der Waals surface area contributed by atoms with E-state index in [4.69, 9.17) is 9.47 Å². The molecule has 1 saturated heterocycles. The number of alkyl carbamates (subject to hydrolysis) is 1. The molecule has 1 unspecified atom stereocenters. The van der Waals surface area contributed by atoms with E-state index in [1.165, 1.54) is 4.90 Å². The Balaban J connectivity index is 1.94. The van der Waals surface area contributed by atoms with Gasteiger partial charge in [-0.2, -0.15) is 0 Å². The van der Waals surface area contributed by atoms with Crippen molar-refractivity contribution in [1.29, 1.82) is 0 Å². The van der Waals surface area contributed by atoms with Crippen molar-refractivity contribution in [2.75, 3.05) is 20.2 Å². The van der Waals surface area contributed by atoms with Gasteiger partial charge in [-0.1, -0.05) is 0 Å². The first-order valence-corrected chi connectivity index (χ1v) is 8.66. The van der Waals surface area contributed by atoms with Crippen LogP contribution in [0.1, 0.15) is 44.0 Å². The van der Waals surface area contributed by atoms with Gasteiger partial charge in [0.25, 0.3) is 0 Å². The first kappa shape index (κ1) is 19.8. The number of hydrogen-bond donors (Lipinski definition) is 1. The first-order chi connectivity index (χ1) is 12.2. The third-order valence-corrected chi connectivity index (χ3v) is 4.03. The van der Waals surface area contributed by atoms with Gasteiger partial charge in [0, 0.05) is 25.1 Å². The van der Waals surface area contributed by atoms with Crippen LogP contribution in [0, 0.1) is 0 Å². The second-order valence-corrected chi connectivity index (χ2v) is 7.16. The maximum absolute atomic E-state index is 12.7. The molecule has 2 amide bonds. The highest BCUT2D eigenvalue weighted by molar-refractivity contribution is 6.03. The van der Waals surface area contributed by atoms with Crippen LogP contribution in [0.2, 0.25) is 0 Å². The summed E-state index contributed by atoms with van der Waals surface area (Å²) in [5.41, 5.74) is -0.0453. The second kappa shape index (κ2) is 8.21. The Morgan fingerprint density at radius 2 is 1.88 bits per heavy atom. The quantitative estimate of drug-likeness (QED) is 0.786. The summed E-state index contributed by atoms with van der Waals surface area (Å²) in [6.07, 6.45) is 0.275. The molecule has 26 heavy (non-hydrogen) atoms. The lowest BCUT2D eigenvalue weighted by Crippen LogP contribution is -2.44. The maximum atomic E-state index is 12.7. The van der Waals surface area contributed by atoms with Crippen molar-refractivity contribution in [3.63, 3.8) is 0 Å². The van der Waals surface area contributed by atoms with Crippen LogP contribution >= 0.6 is 0 Å². The topological polar surface area (TPSA) is 84.9 Å². The standard InChI is InChI=1S/C19H26N2O5/c1-19(2,3)26-18(24)20-11-12-21-15(9-10-16(21)22)17(23)13-5-7-14(25-4)8-6-13/h5-8,15H,9-12H2,1-4H3,(H,20,24). The molecule has 1 fully saturated rings. The zero-order chi connectivity index (χ0) is 19.3. The molecule has 1 aromatic rings. The maximum Gasteiger partial charge on any atom is 0.407 e. The highest BCUT2D eigenvalue weighted by Gasteiger charge is 2.36. The molecule has 7 nitrogen and oxygen atoms in total. The summed E-state index contributed by atoms with van der Waals surface area (Å²) in [4.78, 5) is 38.1. The highest BCUT2D eigenvalue weighted by Crippen LogP contribution is 2.23. The monoisotopic (exact) mass is 362 g/mol. The Kier molecular flexibility index (Phi) is 6.23. The first-order valence-electron chi connectivity index (χ1n) is 8.66. The minimum atomic E-state index is -0.583. The minimum Gasteiger partial charge on any atom is -0.497 e. The smallest absolute Gasteiger partial charge is 0.407 e. The van der Waals surface area contributed by atoms with Gasteiger partial charge in [-0.25, -0.2) is 4.79 Å². The molecule has 2 rings (SSSR count). The van der Waals surface area contributed by atoms with E-state index in [1.807, 2.05) is 0 Å². The van der Waals surface area contributed by atoms with Crippen LogP contribution in [0.3, 0.4) is 0 Å². The Labute approximate surface area is 153 Å². The number of Topliss-reactive ketones (excluding diaryl/α,β-unsaturated/α-hetero) is 1. The minimum absolute atomic E-state index is 0.0807. The number of rotatable bonds is 6. The molecule has 0 aliphatic carbocycles. The molecule has 0 spiro atoms. The van der Waals surface area contributed by atoms with Crippen molar-refractivity contribution in [3.8, 4) is 5.75 Å². The van der Waals surface area contributed by atoms with Crippen LogP contribution in [-0.2, 0) is 9.53 Å². The van der Waals surface area contributed by atoms with E-state index in [1.54, 1.807) is 52.1 Å². The van der Waals surface area contributed by atoms with E-state index in [2.05, 4.69) is 5.32 Å². The molecule has 1 atom stereocenters. The van der Waals surface area contributed by atoms with Crippen molar-refractivity contribution < 1.29 is 23.9 Å². The van der Waals surface area contributed by atoms with Gasteiger partial charge in [0.1, 0.15) is 11.4 Å². The number of ketones is 1. The fourth-order valence-corrected chi connectivity index (χ4v) is 2.83. The molecule has 0 saturated carbocycles. The van der Waals surface area contributed by atoms with E-state index >= 15 is 0 Å². The number of carbonyl (C=O) groups is 3. The van der Waals surface area contributed by atoms with Gasteiger partial charge in [-0.15, -0.1) is 0 Å². The van der Waals surface area contributed by atoms with Crippen LogP contribution in [0.15, 0.2) is 24.3 Å². The van der Waals surface area contributed by atoms with Crippen LogP contribution in [0.4, 0.5) is 4.79 Å². The van der Waals surface area contributed by atoms with Crippen molar-refractivity contribution in [3.05, 3.63) is 29.8 Å². The molecule has 7 heteroatoms. The molecule has 142 valence electrons. The number of nitrogens with one attached hydrogen (secondary N) is 1. The summed E-state index contributed by atoms with van der Waals surface area (Å²) < 4.78 is 10.3. The van der Waals surface area contributed by atoms with E-state index in [0.717, 1.165) is 0 Å². The van der Waals surface area contributed by atoms with E-state index in [9.17, 15) is 14.4 Å². The summed E-state index contributed by atoms with van der Waals surface area (Å²) >= 11 is 0. The number of methoxy groups -OCH3 is 1. The van der Waals surface area contributed by atoms with Crippen LogP contribution < -0.4 is 10.1 Å². The van der Waals surface area contributed by atoms with Gasteiger partial charge in [-0.05, 0) is 51.5 Å². The van der Waals surface area contributed by atoms with E-state index in [-0.39, 0.29) is 24.8 Å². The average Bonchev–Trinajstić information content (AvgIpc) is 2.93. The van der Waals surface area contributed by atoms with Crippen molar-refractivity contribution in [1.82, 2.24) is 10.2 Å². The van der Waals surface area contributed by atoms with Gasteiger partial charge in [-0.3, -0.25) is 9.59 Å². The van der Waals surface area contributed by atoms with Crippen LogP contribution in [0.25, 0.3) is 0 Å². The molecule has 0 radical (unpaired) electrons. The number of likely N-dealkylation sites (tertiary alicyclic amines) is 1. The fraction of sp³-hybridized carbons (Fsp3) is 0.526. The zero-order valence-electron chi connectivity index (χ0n) is 15.7. The van der Waals surface area contributed by atoms with Crippen molar-refractivity contribution >= 4 is 17.8 Å².